The third kappa shape index (κ3) is 3.92. The molecule has 0 amide bonds. The summed E-state index contributed by atoms with van der Waals surface area (Å²) in [4.78, 5) is 0. The topological polar surface area (TPSA) is 13.1 Å². The Balaban J connectivity index is 2.20. The molecule has 1 aromatic heterocycles. The predicted molar refractivity (Wildman–Crippen MR) is 59.5 cm³/mol. The van der Waals surface area contributed by atoms with Gasteiger partial charge >= 0.3 is 0 Å². The zero-order valence-electron chi connectivity index (χ0n) is 7.63. The van der Waals surface area contributed by atoms with E-state index in [4.69, 9.17) is 16.0 Å². The maximum Gasteiger partial charge on any atom is 0.116 e. The number of aryl methyl sites for hydroxylation is 1. The number of hydrogen-bond acceptors (Lipinski definition) is 2. The molecule has 0 aliphatic carbocycles. The molecule has 72 valence electrons. The van der Waals surface area contributed by atoms with Crippen molar-refractivity contribution in [1.82, 2.24) is 0 Å². The number of furan rings is 1. The summed E-state index contributed by atoms with van der Waals surface area (Å²) < 4.78 is 5.30. The van der Waals surface area contributed by atoms with Gasteiger partial charge in [-0.1, -0.05) is 12.2 Å². The minimum atomic E-state index is 0.598. The lowest BCUT2D eigenvalue weighted by atomic mass is 10.3. The van der Waals surface area contributed by atoms with Crippen LogP contribution in [0.3, 0.4) is 0 Å². The molecule has 13 heavy (non-hydrogen) atoms. The van der Waals surface area contributed by atoms with Crippen LogP contribution < -0.4 is 0 Å². The van der Waals surface area contributed by atoms with Crippen LogP contribution in [0.15, 0.2) is 28.9 Å². The van der Waals surface area contributed by atoms with Crippen LogP contribution >= 0.6 is 23.4 Å². The molecular weight excluding hydrogens is 204 g/mol. The summed E-state index contributed by atoms with van der Waals surface area (Å²) in [6, 6.07) is 1.99. The first-order chi connectivity index (χ1) is 6.34. The molecule has 0 aromatic carbocycles. The highest BCUT2D eigenvalue weighted by Gasteiger charge is 1.99. The highest BCUT2D eigenvalue weighted by atomic mass is 35.5. The van der Waals surface area contributed by atoms with Crippen molar-refractivity contribution in [2.45, 2.75) is 12.7 Å². The van der Waals surface area contributed by atoms with Crippen LogP contribution in [0.5, 0.6) is 0 Å². The van der Waals surface area contributed by atoms with Gasteiger partial charge in [0.1, 0.15) is 5.76 Å². The van der Waals surface area contributed by atoms with Gasteiger partial charge < -0.3 is 4.42 Å². The number of hydrogen-bond donors (Lipinski definition) is 0. The fraction of sp³-hybridized carbons (Fsp3) is 0.400. The summed E-state index contributed by atoms with van der Waals surface area (Å²) in [6.07, 6.45) is 5.78. The van der Waals surface area contributed by atoms with Crippen LogP contribution in [0.2, 0.25) is 0 Å². The third-order valence-electron chi connectivity index (χ3n) is 1.67. The van der Waals surface area contributed by atoms with Crippen LogP contribution in [0, 0.1) is 6.92 Å². The van der Waals surface area contributed by atoms with Gasteiger partial charge in [0.2, 0.25) is 0 Å². The van der Waals surface area contributed by atoms with E-state index in [0.29, 0.717) is 5.88 Å². The average Bonchev–Trinajstić information content (AvgIpc) is 2.52. The van der Waals surface area contributed by atoms with E-state index in [1.165, 1.54) is 5.56 Å². The van der Waals surface area contributed by atoms with Crippen LogP contribution in [0.4, 0.5) is 0 Å². The molecule has 0 saturated heterocycles. The Bertz CT molecular complexity index is 268. The van der Waals surface area contributed by atoms with E-state index < -0.39 is 0 Å². The van der Waals surface area contributed by atoms with Crippen molar-refractivity contribution in [1.29, 1.82) is 0 Å². The standard InChI is InChI=1S/C10H13ClOS/c1-9-4-6-12-10(9)8-13-7-3-2-5-11/h2-4,6H,5,7-8H2,1H3/b3-2+. The molecule has 0 bridgehead atoms. The SMILES string of the molecule is Cc1ccoc1CSC/C=C/CCl. The second kappa shape index (κ2) is 6.17. The van der Waals surface area contributed by atoms with E-state index in [1.54, 1.807) is 6.26 Å². The molecule has 0 aliphatic heterocycles. The first-order valence-electron chi connectivity index (χ1n) is 4.16. The number of allylic oxidation sites excluding steroid dienone is 1. The molecule has 0 atom stereocenters. The molecule has 0 N–H and O–H groups in total. The van der Waals surface area contributed by atoms with Crippen LogP contribution in [-0.4, -0.2) is 11.6 Å². The van der Waals surface area contributed by atoms with Gasteiger partial charge in [-0.3, -0.25) is 0 Å². The Hall–Kier alpha value is -0.340. The van der Waals surface area contributed by atoms with Crippen molar-refractivity contribution in [3.8, 4) is 0 Å². The van der Waals surface area contributed by atoms with Crippen molar-refractivity contribution < 1.29 is 4.42 Å². The summed E-state index contributed by atoms with van der Waals surface area (Å²) in [5, 5.41) is 0. The summed E-state index contributed by atoms with van der Waals surface area (Å²) in [7, 11) is 0. The molecule has 0 unspecified atom stereocenters. The first-order valence-corrected chi connectivity index (χ1v) is 5.85. The summed E-state index contributed by atoms with van der Waals surface area (Å²) >= 11 is 7.32. The van der Waals surface area contributed by atoms with Crippen molar-refractivity contribution in [3.63, 3.8) is 0 Å². The van der Waals surface area contributed by atoms with Gasteiger partial charge in [-0.05, 0) is 18.6 Å². The summed E-state index contributed by atoms with van der Waals surface area (Å²) in [6.45, 7) is 2.06. The van der Waals surface area contributed by atoms with E-state index >= 15 is 0 Å². The van der Waals surface area contributed by atoms with Gasteiger partial charge in [-0.25, -0.2) is 0 Å². The van der Waals surface area contributed by atoms with Gasteiger partial charge in [-0.2, -0.15) is 0 Å². The fourth-order valence-corrected chi connectivity index (χ4v) is 1.90. The second-order valence-corrected chi connectivity index (χ2v) is 4.01. The quantitative estimate of drug-likeness (QED) is 0.424. The minimum absolute atomic E-state index is 0.598. The smallest absolute Gasteiger partial charge is 0.116 e. The number of rotatable bonds is 5. The largest absolute Gasteiger partial charge is 0.468 e. The van der Waals surface area contributed by atoms with E-state index in [2.05, 4.69) is 13.0 Å². The van der Waals surface area contributed by atoms with E-state index in [1.807, 2.05) is 23.9 Å². The monoisotopic (exact) mass is 216 g/mol. The van der Waals surface area contributed by atoms with Crippen molar-refractivity contribution in [2.24, 2.45) is 0 Å². The number of alkyl halides is 1. The molecule has 0 fully saturated rings. The van der Waals surface area contributed by atoms with Gasteiger partial charge in [0, 0.05) is 11.6 Å². The Morgan fingerprint density at radius 3 is 3.00 bits per heavy atom. The minimum Gasteiger partial charge on any atom is -0.468 e. The summed E-state index contributed by atoms with van der Waals surface area (Å²) in [5.41, 5.74) is 1.23. The fourth-order valence-electron chi connectivity index (χ4n) is 0.903. The molecule has 3 heteroatoms. The molecule has 1 heterocycles. The Labute approximate surface area is 88.2 Å². The van der Waals surface area contributed by atoms with Gasteiger partial charge in [0.05, 0.1) is 12.0 Å². The van der Waals surface area contributed by atoms with Gasteiger partial charge in [0.15, 0.2) is 0 Å². The van der Waals surface area contributed by atoms with Gasteiger partial charge in [-0.15, -0.1) is 23.4 Å². The van der Waals surface area contributed by atoms with Crippen LogP contribution in [-0.2, 0) is 5.75 Å². The third-order valence-corrected chi connectivity index (χ3v) is 2.74. The van der Waals surface area contributed by atoms with Crippen LogP contribution in [0.25, 0.3) is 0 Å². The highest BCUT2D eigenvalue weighted by molar-refractivity contribution is 7.98. The molecule has 1 aromatic rings. The maximum atomic E-state index is 5.49. The summed E-state index contributed by atoms with van der Waals surface area (Å²) in [5.74, 6) is 3.60. The van der Waals surface area contributed by atoms with Crippen molar-refractivity contribution in [3.05, 3.63) is 35.8 Å². The van der Waals surface area contributed by atoms with Gasteiger partial charge in [0.25, 0.3) is 0 Å². The van der Waals surface area contributed by atoms with E-state index in [9.17, 15) is 0 Å². The van der Waals surface area contributed by atoms with Crippen molar-refractivity contribution >= 4 is 23.4 Å². The zero-order chi connectivity index (χ0) is 9.52. The lowest BCUT2D eigenvalue weighted by Gasteiger charge is -1.95. The van der Waals surface area contributed by atoms with Crippen molar-refractivity contribution in [2.75, 3.05) is 11.6 Å². The highest BCUT2D eigenvalue weighted by Crippen LogP contribution is 2.16. The predicted octanol–water partition coefficient (Wildman–Crippen LogP) is 3.62. The normalized spacial score (nSPS) is 11.2. The lowest BCUT2D eigenvalue weighted by molar-refractivity contribution is 0.528. The van der Waals surface area contributed by atoms with Crippen LogP contribution in [0.1, 0.15) is 11.3 Å². The molecular formula is C10H13ClOS. The molecule has 1 rings (SSSR count). The lowest BCUT2D eigenvalue weighted by Crippen LogP contribution is -1.80. The van der Waals surface area contributed by atoms with E-state index in [-0.39, 0.29) is 0 Å². The first kappa shape index (κ1) is 10.7. The maximum absolute atomic E-state index is 5.49. The molecule has 0 saturated carbocycles. The average molecular weight is 217 g/mol. The number of thioether (sulfide) groups is 1. The molecule has 1 nitrogen and oxygen atoms in total. The Kier molecular flexibility index (Phi) is 5.09. The molecule has 0 aliphatic rings. The zero-order valence-corrected chi connectivity index (χ0v) is 9.20. The number of halogens is 1. The second-order valence-electron chi connectivity index (χ2n) is 2.67. The molecule has 0 radical (unpaired) electrons. The Morgan fingerprint density at radius 2 is 2.38 bits per heavy atom. The Morgan fingerprint density at radius 1 is 1.54 bits per heavy atom. The van der Waals surface area contributed by atoms with E-state index in [0.717, 1.165) is 17.3 Å². The molecule has 0 spiro atoms.